The number of halogens is 9. The van der Waals surface area contributed by atoms with Crippen LogP contribution in [0.2, 0.25) is 0 Å². The highest BCUT2D eigenvalue weighted by atomic mass is 32.2. The summed E-state index contributed by atoms with van der Waals surface area (Å²) in [6.45, 7) is -2.09. The molecule has 0 fully saturated rings. The number of nitrogens with zero attached hydrogens (tertiary/aromatic N) is 4. The molecule has 1 aliphatic rings. The molecule has 1 aromatic heterocycles. The Bertz CT molecular complexity index is 1690. The van der Waals surface area contributed by atoms with Crippen molar-refractivity contribution in [3.05, 3.63) is 71.3 Å². The van der Waals surface area contributed by atoms with E-state index in [-0.39, 0.29) is 34.1 Å². The number of alkyl halides is 9. The van der Waals surface area contributed by atoms with Crippen molar-refractivity contribution in [3.63, 3.8) is 0 Å². The standard InChI is InChI=1S/C25H21F9N4O3S/c1-35-17-8-6-15(24(29,30)31)12-19(17)37(10-11-42(39,40)41)21(35)4-3-5-22-36(2)18-9-7-16(25(32,33)34)13-20(18)38(22)14-23(26,27)28/h3-9,12-13H,10-11,14H2,1-2H3/p+1. The quantitative estimate of drug-likeness (QED) is 0.213. The van der Waals surface area contributed by atoms with E-state index in [0.29, 0.717) is 10.6 Å². The second-order valence-electron chi connectivity index (χ2n) is 9.40. The van der Waals surface area contributed by atoms with Gasteiger partial charge in [0.05, 0.1) is 35.3 Å². The molecule has 2 aromatic carbocycles. The normalized spacial score (nSPS) is 16.0. The molecule has 1 N–H and O–H groups in total. The third-order valence-electron chi connectivity index (χ3n) is 6.55. The SMILES string of the molecule is CN1C(=CC=Cc2n(CC(F)(F)F)c3cc(C(F)(F)F)ccc3[n+]2C)N(CCS(=O)(=O)O)c2cc(C(F)(F)F)ccc21. The Labute approximate surface area is 233 Å². The third-order valence-corrected chi connectivity index (χ3v) is 7.25. The molecule has 0 saturated heterocycles. The molecule has 0 aliphatic carbocycles. The van der Waals surface area contributed by atoms with Crippen LogP contribution >= 0.6 is 0 Å². The van der Waals surface area contributed by atoms with E-state index < -0.39 is 58.6 Å². The molecule has 228 valence electrons. The zero-order valence-corrected chi connectivity index (χ0v) is 22.5. The van der Waals surface area contributed by atoms with Gasteiger partial charge in [0.25, 0.3) is 15.9 Å². The van der Waals surface area contributed by atoms with Crippen molar-refractivity contribution in [3.8, 4) is 0 Å². The summed E-state index contributed by atoms with van der Waals surface area (Å²) in [7, 11) is -1.73. The summed E-state index contributed by atoms with van der Waals surface area (Å²) in [6.07, 6.45) is -10.6. The smallest absolute Gasteiger partial charge is 0.329 e. The topological polar surface area (TPSA) is 69.7 Å². The highest BCUT2D eigenvalue weighted by Gasteiger charge is 2.38. The minimum absolute atomic E-state index is 0.0351. The number of hydrogen-bond acceptors (Lipinski definition) is 4. The van der Waals surface area contributed by atoms with E-state index in [1.165, 1.54) is 46.7 Å². The van der Waals surface area contributed by atoms with Crippen LogP contribution in [-0.4, -0.2) is 43.1 Å². The fourth-order valence-corrected chi connectivity index (χ4v) is 5.08. The van der Waals surface area contributed by atoms with Crippen LogP contribution in [0, 0.1) is 0 Å². The molecule has 2 heterocycles. The van der Waals surface area contributed by atoms with Crippen molar-refractivity contribution in [1.82, 2.24) is 4.57 Å². The molecule has 0 unspecified atom stereocenters. The molecule has 42 heavy (non-hydrogen) atoms. The highest BCUT2D eigenvalue weighted by Crippen LogP contribution is 2.44. The number of aryl methyl sites for hydroxylation is 1. The van der Waals surface area contributed by atoms with Crippen molar-refractivity contribution in [2.24, 2.45) is 7.05 Å². The number of allylic oxidation sites excluding steroid dienone is 2. The summed E-state index contributed by atoms with van der Waals surface area (Å²) < 4.78 is 154. The number of imidazole rings is 1. The van der Waals surface area contributed by atoms with Gasteiger partial charge >= 0.3 is 18.5 Å². The number of anilines is 2. The highest BCUT2D eigenvalue weighted by molar-refractivity contribution is 7.85. The van der Waals surface area contributed by atoms with Gasteiger partial charge in [0.2, 0.25) is 0 Å². The van der Waals surface area contributed by atoms with Gasteiger partial charge in [-0.3, -0.25) is 4.55 Å². The van der Waals surface area contributed by atoms with E-state index in [0.717, 1.165) is 30.3 Å². The van der Waals surface area contributed by atoms with Crippen molar-refractivity contribution >= 4 is 38.6 Å². The number of fused-ring (bicyclic) bond motifs is 2. The monoisotopic (exact) mass is 629 g/mol. The van der Waals surface area contributed by atoms with Crippen LogP contribution in [0.4, 0.5) is 50.9 Å². The average Bonchev–Trinajstić information content (AvgIpc) is 3.25. The van der Waals surface area contributed by atoms with Gasteiger partial charge in [-0.2, -0.15) is 47.9 Å². The summed E-state index contributed by atoms with van der Waals surface area (Å²) in [4.78, 5) is 2.59. The minimum Gasteiger partial charge on any atom is -0.329 e. The molecule has 0 amide bonds. The van der Waals surface area contributed by atoms with Crippen LogP contribution in [0.25, 0.3) is 17.1 Å². The van der Waals surface area contributed by atoms with Gasteiger partial charge in [0, 0.05) is 25.7 Å². The van der Waals surface area contributed by atoms with Gasteiger partial charge < -0.3 is 9.80 Å². The first kappa shape index (κ1) is 31.2. The second kappa shape index (κ2) is 10.5. The molecule has 0 radical (unpaired) electrons. The van der Waals surface area contributed by atoms with Gasteiger partial charge in [-0.05, 0) is 36.4 Å². The van der Waals surface area contributed by atoms with Crippen molar-refractivity contribution in [1.29, 1.82) is 0 Å². The van der Waals surface area contributed by atoms with Crippen LogP contribution in [0.1, 0.15) is 17.0 Å². The van der Waals surface area contributed by atoms with Crippen molar-refractivity contribution < 1.29 is 57.1 Å². The summed E-state index contributed by atoms with van der Waals surface area (Å²) in [5.74, 6) is -0.890. The molecule has 4 rings (SSSR count). The lowest BCUT2D eigenvalue weighted by Gasteiger charge is -2.22. The van der Waals surface area contributed by atoms with E-state index in [9.17, 15) is 52.5 Å². The zero-order chi connectivity index (χ0) is 31.4. The predicted molar refractivity (Wildman–Crippen MR) is 135 cm³/mol. The van der Waals surface area contributed by atoms with E-state index in [1.54, 1.807) is 0 Å². The van der Waals surface area contributed by atoms with Crippen LogP contribution in [0.3, 0.4) is 0 Å². The molecule has 3 aromatic rings. The molecular formula is C25H22F9N4O3S+. The maximum atomic E-state index is 13.5. The maximum absolute atomic E-state index is 13.5. The first-order valence-corrected chi connectivity index (χ1v) is 13.5. The molecule has 0 spiro atoms. The van der Waals surface area contributed by atoms with Crippen LogP contribution in [-0.2, 0) is 36.1 Å². The predicted octanol–water partition coefficient (Wildman–Crippen LogP) is 5.76. The first-order chi connectivity index (χ1) is 19.2. The molecule has 0 bridgehead atoms. The van der Waals surface area contributed by atoms with Gasteiger partial charge in [-0.25, -0.2) is 9.13 Å². The van der Waals surface area contributed by atoms with Crippen LogP contribution in [0.5, 0.6) is 0 Å². The Morgan fingerprint density at radius 1 is 0.905 bits per heavy atom. The molecule has 0 atom stereocenters. The summed E-state index contributed by atoms with van der Waals surface area (Å²) in [5, 5.41) is 0. The van der Waals surface area contributed by atoms with Crippen LogP contribution < -0.4 is 14.4 Å². The van der Waals surface area contributed by atoms with Crippen LogP contribution in [0.15, 0.2) is 54.4 Å². The largest absolute Gasteiger partial charge is 0.426 e. The first-order valence-electron chi connectivity index (χ1n) is 11.9. The van der Waals surface area contributed by atoms with Gasteiger partial charge in [-0.1, -0.05) is 6.08 Å². The number of hydrogen-bond donors (Lipinski definition) is 1. The Hall–Kier alpha value is -3.73. The Morgan fingerprint density at radius 2 is 1.50 bits per heavy atom. The number of aromatic nitrogens is 2. The number of rotatable bonds is 6. The van der Waals surface area contributed by atoms with Crippen molar-refractivity contribution in [2.45, 2.75) is 25.1 Å². The van der Waals surface area contributed by atoms with E-state index in [4.69, 9.17) is 0 Å². The van der Waals surface area contributed by atoms with Crippen molar-refractivity contribution in [2.75, 3.05) is 29.1 Å². The Kier molecular flexibility index (Phi) is 7.82. The fraction of sp³-hybridized carbons (Fsp3) is 0.320. The molecular weight excluding hydrogens is 607 g/mol. The second-order valence-corrected chi connectivity index (χ2v) is 11.0. The third kappa shape index (κ3) is 6.51. The van der Waals surface area contributed by atoms with E-state index in [1.807, 2.05) is 0 Å². The lowest BCUT2D eigenvalue weighted by atomic mass is 10.1. The van der Waals surface area contributed by atoms with E-state index >= 15 is 0 Å². The lowest BCUT2D eigenvalue weighted by molar-refractivity contribution is -0.647. The molecule has 1 aliphatic heterocycles. The maximum Gasteiger partial charge on any atom is 0.426 e. The molecule has 0 saturated carbocycles. The zero-order valence-electron chi connectivity index (χ0n) is 21.7. The Balaban J connectivity index is 1.82. The summed E-state index contributed by atoms with van der Waals surface area (Å²) in [5.41, 5.74) is -2.23. The van der Waals surface area contributed by atoms with E-state index in [2.05, 4.69) is 0 Å². The number of benzene rings is 2. The average molecular weight is 630 g/mol. The van der Waals surface area contributed by atoms with Gasteiger partial charge in [0.15, 0.2) is 17.6 Å². The summed E-state index contributed by atoms with van der Waals surface area (Å²) in [6, 6.07) is 5.15. The molecule has 17 heteroatoms. The lowest BCUT2D eigenvalue weighted by Crippen LogP contribution is -2.32. The Morgan fingerprint density at radius 3 is 2.07 bits per heavy atom. The van der Waals surface area contributed by atoms with Gasteiger partial charge in [0.1, 0.15) is 5.82 Å². The van der Waals surface area contributed by atoms with Gasteiger partial charge in [-0.15, -0.1) is 0 Å². The summed E-state index contributed by atoms with van der Waals surface area (Å²) >= 11 is 0. The minimum atomic E-state index is -4.81. The fourth-order valence-electron chi connectivity index (χ4n) is 4.67. The molecule has 7 nitrogen and oxygen atoms in total.